The van der Waals surface area contributed by atoms with Gasteiger partial charge < -0.3 is 9.47 Å². The maximum atomic E-state index is 12.9. The minimum Gasteiger partial charge on any atom is -0.456 e. The summed E-state index contributed by atoms with van der Waals surface area (Å²) in [5.41, 5.74) is 2.42. The highest BCUT2D eigenvalue weighted by molar-refractivity contribution is 5.95. The summed E-state index contributed by atoms with van der Waals surface area (Å²) in [6.07, 6.45) is 10.4. The number of hydrogen-bond donors (Lipinski definition) is 0. The molecule has 32 heavy (non-hydrogen) atoms. The van der Waals surface area contributed by atoms with Crippen molar-refractivity contribution in [2.75, 3.05) is 0 Å². The van der Waals surface area contributed by atoms with Crippen molar-refractivity contribution in [3.63, 3.8) is 0 Å². The molecule has 2 aliphatic rings. The second-order valence-corrected chi connectivity index (χ2v) is 10.6. The molecule has 0 saturated heterocycles. The first-order valence-electron chi connectivity index (χ1n) is 11.9. The predicted octanol–water partition coefficient (Wildman–Crippen LogP) is 7.05. The van der Waals surface area contributed by atoms with E-state index in [1.54, 1.807) is 24.3 Å². The van der Waals surface area contributed by atoms with Gasteiger partial charge in [0.2, 0.25) is 0 Å². The van der Waals surface area contributed by atoms with Crippen LogP contribution in [0, 0.1) is 11.8 Å². The fraction of sp³-hybridized carbons (Fsp3) is 0.571. The molecule has 2 aliphatic carbocycles. The minimum atomic E-state index is -0.570. The lowest BCUT2D eigenvalue weighted by atomic mass is 9.79. The van der Waals surface area contributed by atoms with E-state index in [1.165, 1.54) is 11.1 Å². The van der Waals surface area contributed by atoms with Crippen LogP contribution in [0.25, 0.3) is 0 Å². The largest absolute Gasteiger partial charge is 0.456 e. The van der Waals surface area contributed by atoms with Gasteiger partial charge >= 0.3 is 11.9 Å². The second kappa shape index (κ2) is 9.64. The normalized spacial score (nSPS) is 21.9. The highest BCUT2D eigenvalue weighted by Crippen LogP contribution is 2.36. The van der Waals surface area contributed by atoms with Gasteiger partial charge in [-0.25, -0.2) is 9.59 Å². The van der Waals surface area contributed by atoms with Gasteiger partial charge in [0.05, 0.1) is 11.1 Å². The standard InChI is InChI=1S/C28H38O4/c1-19-10-14-23(15-11-19)27(3,4)31-25(29)21-8-7-9-22(18-21)26(30)32-28(5,6)24-16-12-20(2)13-17-24/h7-10,12,18,23-24H,11,13-17H2,1-6H3. The molecule has 4 heteroatoms. The lowest BCUT2D eigenvalue weighted by Gasteiger charge is -2.36. The Morgan fingerprint density at radius 3 is 1.53 bits per heavy atom. The van der Waals surface area contributed by atoms with E-state index < -0.39 is 23.1 Å². The number of ether oxygens (including phenoxy) is 2. The maximum Gasteiger partial charge on any atom is 0.338 e. The number of benzene rings is 1. The first-order valence-corrected chi connectivity index (χ1v) is 11.9. The molecule has 0 radical (unpaired) electrons. The van der Waals surface area contributed by atoms with Crippen molar-refractivity contribution in [3.05, 3.63) is 58.7 Å². The minimum absolute atomic E-state index is 0.289. The molecule has 0 heterocycles. The topological polar surface area (TPSA) is 52.6 Å². The number of carbonyl (C=O) groups excluding carboxylic acids is 2. The number of rotatable bonds is 6. The van der Waals surface area contributed by atoms with Gasteiger partial charge in [-0.15, -0.1) is 0 Å². The summed E-state index contributed by atoms with van der Waals surface area (Å²) in [6, 6.07) is 6.69. The highest BCUT2D eigenvalue weighted by atomic mass is 16.6. The lowest BCUT2D eigenvalue weighted by Crippen LogP contribution is -2.38. The van der Waals surface area contributed by atoms with Crippen LogP contribution >= 0.6 is 0 Å². The molecule has 0 spiro atoms. The number of carbonyl (C=O) groups is 2. The van der Waals surface area contributed by atoms with Crippen LogP contribution in [0.5, 0.6) is 0 Å². The van der Waals surface area contributed by atoms with E-state index in [-0.39, 0.29) is 11.8 Å². The number of hydrogen-bond acceptors (Lipinski definition) is 4. The van der Waals surface area contributed by atoms with E-state index in [9.17, 15) is 9.59 Å². The van der Waals surface area contributed by atoms with Crippen LogP contribution in [0.15, 0.2) is 47.6 Å². The van der Waals surface area contributed by atoms with Crippen LogP contribution in [0.2, 0.25) is 0 Å². The van der Waals surface area contributed by atoms with Crippen molar-refractivity contribution < 1.29 is 19.1 Å². The van der Waals surface area contributed by atoms with Crippen LogP contribution in [0.4, 0.5) is 0 Å². The Morgan fingerprint density at radius 1 is 0.781 bits per heavy atom. The molecule has 1 aromatic carbocycles. The summed E-state index contributed by atoms with van der Waals surface area (Å²) in [5.74, 6) is -0.222. The fourth-order valence-electron chi connectivity index (χ4n) is 4.73. The maximum absolute atomic E-state index is 12.9. The molecule has 0 bridgehead atoms. The molecule has 0 fully saturated rings. The molecule has 0 aromatic heterocycles. The SMILES string of the molecule is CC1=CCC(C(C)(C)OC(=O)c2cccc(C(=O)OC(C)(C)C3CC=C(C)CC3)c2)CC1. The number of esters is 2. The Kier molecular flexibility index (Phi) is 7.32. The Morgan fingerprint density at radius 2 is 1.19 bits per heavy atom. The van der Waals surface area contributed by atoms with E-state index in [2.05, 4.69) is 26.0 Å². The zero-order valence-electron chi connectivity index (χ0n) is 20.5. The van der Waals surface area contributed by atoms with Gasteiger partial charge in [0.15, 0.2) is 0 Å². The van der Waals surface area contributed by atoms with E-state index in [1.807, 2.05) is 27.7 Å². The zero-order valence-corrected chi connectivity index (χ0v) is 20.5. The summed E-state index contributed by atoms with van der Waals surface area (Å²) in [7, 11) is 0. The Labute approximate surface area is 193 Å². The molecule has 0 aliphatic heterocycles. The molecule has 2 atom stereocenters. The van der Waals surface area contributed by atoms with Gasteiger partial charge in [0, 0.05) is 11.8 Å². The fourth-order valence-corrected chi connectivity index (χ4v) is 4.73. The molecule has 0 saturated carbocycles. The average Bonchev–Trinajstić information content (AvgIpc) is 2.74. The van der Waals surface area contributed by atoms with E-state index in [0.29, 0.717) is 11.1 Å². The molecule has 0 N–H and O–H groups in total. The second-order valence-electron chi connectivity index (χ2n) is 10.6. The number of allylic oxidation sites excluding steroid dienone is 4. The van der Waals surface area contributed by atoms with E-state index in [4.69, 9.17) is 9.47 Å². The zero-order chi connectivity index (χ0) is 23.5. The monoisotopic (exact) mass is 438 g/mol. The third kappa shape index (κ3) is 5.90. The molecular formula is C28H38O4. The van der Waals surface area contributed by atoms with Crippen LogP contribution in [0.3, 0.4) is 0 Å². The average molecular weight is 439 g/mol. The first-order chi connectivity index (χ1) is 15.0. The molecule has 3 rings (SSSR count). The van der Waals surface area contributed by atoms with Crippen molar-refractivity contribution in [1.29, 1.82) is 0 Å². The van der Waals surface area contributed by atoms with Gasteiger partial charge in [-0.1, -0.05) is 29.4 Å². The quantitative estimate of drug-likeness (QED) is 0.353. The van der Waals surface area contributed by atoms with Gasteiger partial charge in [-0.05, 0) is 98.3 Å². The molecular weight excluding hydrogens is 400 g/mol. The van der Waals surface area contributed by atoms with Gasteiger partial charge in [0.1, 0.15) is 11.2 Å². The summed E-state index contributed by atoms with van der Waals surface area (Å²) < 4.78 is 11.8. The predicted molar refractivity (Wildman–Crippen MR) is 128 cm³/mol. The summed E-state index contributed by atoms with van der Waals surface area (Å²) >= 11 is 0. The van der Waals surface area contributed by atoms with Gasteiger partial charge in [-0.3, -0.25) is 0 Å². The molecule has 174 valence electrons. The Hall–Kier alpha value is -2.36. The molecule has 0 amide bonds. The Bertz CT molecular complexity index is 848. The summed E-state index contributed by atoms with van der Waals surface area (Å²) in [4.78, 5) is 25.8. The smallest absolute Gasteiger partial charge is 0.338 e. The molecule has 1 aromatic rings. The van der Waals surface area contributed by atoms with E-state index >= 15 is 0 Å². The van der Waals surface area contributed by atoms with Crippen LogP contribution in [-0.2, 0) is 9.47 Å². The third-order valence-corrected chi connectivity index (χ3v) is 7.29. The molecule has 4 nitrogen and oxygen atoms in total. The molecule has 2 unspecified atom stereocenters. The van der Waals surface area contributed by atoms with Crippen molar-refractivity contribution in [3.8, 4) is 0 Å². The van der Waals surface area contributed by atoms with Crippen molar-refractivity contribution in [1.82, 2.24) is 0 Å². The van der Waals surface area contributed by atoms with Crippen LogP contribution in [0.1, 0.15) is 101 Å². The van der Waals surface area contributed by atoms with Crippen LogP contribution < -0.4 is 0 Å². The lowest BCUT2D eigenvalue weighted by molar-refractivity contribution is -0.0323. The first kappa shape index (κ1) is 24.3. The highest BCUT2D eigenvalue weighted by Gasteiger charge is 2.35. The van der Waals surface area contributed by atoms with Gasteiger partial charge in [0.25, 0.3) is 0 Å². The summed E-state index contributed by atoms with van der Waals surface area (Å²) in [5, 5.41) is 0. The third-order valence-electron chi connectivity index (χ3n) is 7.29. The summed E-state index contributed by atoms with van der Waals surface area (Å²) in [6.45, 7) is 12.2. The van der Waals surface area contributed by atoms with Gasteiger partial charge in [-0.2, -0.15) is 0 Å². The van der Waals surface area contributed by atoms with Crippen molar-refractivity contribution in [2.24, 2.45) is 11.8 Å². The van der Waals surface area contributed by atoms with Crippen molar-refractivity contribution >= 4 is 11.9 Å². The van der Waals surface area contributed by atoms with Crippen LogP contribution in [-0.4, -0.2) is 23.1 Å². The van der Waals surface area contributed by atoms with Crippen molar-refractivity contribution in [2.45, 2.75) is 91.3 Å². The van der Waals surface area contributed by atoms with E-state index in [0.717, 1.165) is 38.5 Å². The Balaban J connectivity index is 1.66.